The number of aromatic nitrogens is 1. The molecule has 6 nitrogen and oxygen atoms in total. The van der Waals surface area contributed by atoms with Gasteiger partial charge in [0.25, 0.3) is 0 Å². The van der Waals surface area contributed by atoms with E-state index in [2.05, 4.69) is 9.88 Å². The van der Waals surface area contributed by atoms with E-state index in [1.807, 2.05) is 0 Å². The molecule has 128 valence electrons. The Hall–Kier alpha value is -1.86. The van der Waals surface area contributed by atoms with Crippen LogP contribution >= 0.6 is 0 Å². The van der Waals surface area contributed by atoms with Gasteiger partial charge in [-0.25, -0.2) is 8.42 Å². The van der Waals surface area contributed by atoms with Crippen molar-refractivity contribution in [2.75, 3.05) is 29.5 Å². The van der Waals surface area contributed by atoms with Gasteiger partial charge in [0, 0.05) is 11.9 Å². The van der Waals surface area contributed by atoms with Gasteiger partial charge < -0.3 is 15.7 Å². The van der Waals surface area contributed by atoms with Crippen molar-refractivity contribution < 1.29 is 13.5 Å². The summed E-state index contributed by atoms with van der Waals surface area (Å²) in [4.78, 5) is 6.95. The zero-order chi connectivity index (χ0) is 16.9. The number of aryl methyl sites for hydroxylation is 1. The Labute approximate surface area is 141 Å². The average Bonchev–Trinajstić information content (AvgIpc) is 2.90. The summed E-state index contributed by atoms with van der Waals surface area (Å²) in [5.41, 5.74) is 9.23. The van der Waals surface area contributed by atoms with Crippen molar-refractivity contribution in [3.8, 4) is 0 Å². The third-order valence-corrected chi connectivity index (χ3v) is 6.98. The molecule has 0 bridgehead atoms. The number of hydrogen-bond acceptors (Lipinski definition) is 6. The Bertz CT molecular complexity index is 911. The first-order valence-corrected chi connectivity index (χ1v) is 9.98. The second-order valence-corrected chi connectivity index (χ2v) is 8.67. The maximum atomic E-state index is 12.3. The standard InChI is InChI=1S/C17H21N3O3S/c18-13-9-19-14-4-5-15-12(6-8-24(15,22)23)16(14)17(13)20-7-2-1-3-11(20)10-21/h4-5,9,11,21H,1-3,6-8,10,18H2. The molecule has 1 atom stereocenters. The number of sulfone groups is 1. The van der Waals surface area contributed by atoms with E-state index in [9.17, 15) is 13.5 Å². The molecule has 24 heavy (non-hydrogen) atoms. The zero-order valence-corrected chi connectivity index (χ0v) is 14.2. The number of aliphatic hydroxyl groups is 1. The van der Waals surface area contributed by atoms with Gasteiger partial charge in [0.15, 0.2) is 9.84 Å². The number of nitrogen functional groups attached to an aromatic ring is 1. The second-order valence-electron chi connectivity index (χ2n) is 6.59. The van der Waals surface area contributed by atoms with Crippen LogP contribution in [0.4, 0.5) is 11.4 Å². The molecule has 0 radical (unpaired) electrons. The lowest BCUT2D eigenvalue weighted by Crippen LogP contribution is -2.42. The van der Waals surface area contributed by atoms with E-state index in [-0.39, 0.29) is 18.4 Å². The van der Waals surface area contributed by atoms with Crippen molar-refractivity contribution in [3.05, 3.63) is 23.9 Å². The number of aliphatic hydroxyl groups excluding tert-OH is 1. The predicted molar refractivity (Wildman–Crippen MR) is 94.0 cm³/mol. The summed E-state index contributed by atoms with van der Waals surface area (Å²) in [7, 11) is -3.21. The van der Waals surface area contributed by atoms with Gasteiger partial charge in [-0.15, -0.1) is 0 Å². The highest BCUT2D eigenvalue weighted by Crippen LogP contribution is 2.41. The van der Waals surface area contributed by atoms with E-state index in [1.54, 1.807) is 18.3 Å². The molecule has 2 aromatic rings. The molecule has 0 aliphatic carbocycles. The van der Waals surface area contributed by atoms with E-state index in [4.69, 9.17) is 5.73 Å². The van der Waals surface area contributed by atoms with E-state index in [0.29, 0.717) is 17.0 Å². The lowest BCUT2D eigenvalue weighted by Gasteiger charge is -2.38. The molecular formula is C17H21N3O3S. The van der Waals surface area contributed by atoms with Crippen LogP contribution in [0, 0.1) is 0 Å². The number of benzene rings is 1. The number of nitrogens with two attached hydrogens (primary N) is 1. The van der Waals surface area contributed by atoms with Crippen molar-refractivity contribution >= 4 is 32.1 Å². The average molecular weight is 347 g/mol. The fraction of sp³-hybridized carbons (Fsp3) is 0.471. The first-order valence-electron chi connectivity index (χ1n) is 8.33. The smallest absolute Gasteiger partial charge is 0.179 e. The molecule has 4 rings (SSSR count). The Kier molecular flexibility index (Phi) is 3.65. The van der Waals surface area contributed by atoms with Crippen molar-refractivity contribution in [1.82, 2.24) is 4.98 Å². The molecule has 1 aromatic heterocycles. The summed E-state index contributed by atoms with van der Waals surface area (Å²) >= 11 is 0. The van der Waals surface area contributed by atoms with Gasteiger partial charge in [0.2, 0.25) is 0 Å². The summed E-state index contributed by atoms with van der Waals surface area (Å²) < 4.78 is 24.6. The first kappa shape index (κ1) is 15.7. The van der Waals surface area contributed by atoms with E-state index >= 15 is 0 Å². The van der Waals surface area contributed by atoms with Gasteiger partial charge >= 0.3 is 0 Å². The number of hydrogen-bond donors (Lipinski definition) is 2. The van der Waals surface area contributed by atoms with Gasteiger partial charge in [0.1, 0.15) is 0 Å². The minimum absolute atomic E-state index is 0.0144. The molecule has 3 N–H and O–H groups in total. The topological polar surface area (TPSA) is 96.5 Å². The van der Waals surface area contributed by atoms with Crippen LogP contribution in [0.3, 0.4) is 0 Å². The number of rotatable bonds is 2. The second kappa shape index (κ2) is 5.60. The third kappa shape index (κ3) is 2.26. The quantitative estimate of drug-likeness (QED) is 0.854. The monoisotopic (exact) mass is 347 g/mol. The van der Waals surface area contributed by atoms with Crippen LogP contribution < -0.4 is 10.6 Å². The minimum Gasteiger partial charge on any atom is -0.396 e. The van der Waals surface area contributed by atoms with Gasteiger partial charge in [-0.2, -0.15) is 0 Å². The summed E-state index contributed by atoms with van der Waals surface area (Å²) in [6.07, 6.45) is 5.15. The largest absolute Gasteiger partial charge is 0.396 e. The lowest BCUT2D eigenvalue weighted by molar-refractivity contribution is 0.240. The van der Waals surface area contributed by atoms with Crippen molar-refractivity contribution in [2.45, 2.75) is 36.6 Å². The van der Waals surface area contributed by atoms with Crippen LogP contribution in [-0.2, 0) is 16.3 Å². The van der Waals surface area contributed by atoms with Crippen LogP contribution in [0.25, 0.3) is 10.9 Å². The molecule has 0 spiro atoms. The maximum Gasteiger partial charge on any atom is 0.179 e. The number of fused-ring (bicyclic) bond motifs is 3. The van der Waals surface area contributed by atoms with Crippen molar-refractivity contribution in [1.29, 1.82) is 0 Å². The van der Waals surface area contributed by atoms with Gasteiger partial charge in [-0.05, 0) is 43.4 Å². The Balaban J connectivity index is 2.01. The minimum atomic E-state index is -3.21. The highest BCUT2D eigenvalue weighted by Gasteiger charge is 2.32. The van der Waals surface area contributed by atoms with Gasteiger partial charge in [0.05, 0.1) is 46.4 Å². The summed E-state index contributed by atoms with van der Waals surface area (Å²) in [5.74, 6) is 0.138. The fourth-order valence-electron chi connectivity index (χ4n) is 4.01. The molecule has 0 saturated carbocycles. The molecule has 2 aliphatic rings. The van der Waals surface area contributed by atoms with Crippen molar-refractivity contribution in [3.63, 3.8) is 0 Å². The Morgan fingerprint density at radius 3 is 2.96 bits per heavy atom. The van der Waals surface area contributed by atoms with E-state index in [0.717, 1.165) is 48.0 Å². The van der Waals surface area contributed by atoms with Crippen LogP contribution in [0.2, 0.25) is 0 Å². The molecule has 1 fully saturated rings. The summed E-state index contributed by atoms with van der Waals surface area (Å²) in [6.45, 7) is 0.877. The fourth-order valence-corrected chi connectivity index (χ4v) is 5.56. The third-order valence-electron chi connectivity index (χ3n) is 5.18. The molecule has 3 heterocycles. The molecule has 0 amide bonds. The van der Waals surface area contributed by atoms with Crippen LogP contribution in [-0.4, -0.2) is 43.5 Å². The molecule has 7 heteroatoms. The normalized spacial score (nSPS) is 22.7. The Morgan fingerprint density at radius 1 is 1.33 bits per heavy atom. The number of piperidine rings is 1. The number of nitrogens with zero attached hydrogens (tertiary/aromatic N) is 2. The summed E-state index contributed by atoms with van der Waals surface area (Å²) in [6, 6.07) is 3.44. The lowest BCUT2D eigenvalue weighted by atomic mass is 9.98. The molecule has 1 unspecified atom stereocenters. The van der Waals surface area contributed by atoms with E-state index in [1.165, 1.54) is 0 Å². The maximum absolute atomic E-state index is 12.3. The van der Waals surface area contributed by atoms with Crippen LogP contribution in [0.1, 0.15) is 24.8 Å². The van der Waals surface area contributed by atoms with Crippen molar-refractivity contribution in [2.24, 2.45) is 0 Å². The number of anilines is 2. The predicted octanol–water partition coefficient (Wildman–Crippen LogP) is 1.50. The number of pyridine rings is 1. The van der Waals surface area contributed by atoms with Gasteiger partial charge in [-0.1, -0.05) is 0 Å². The van der Waals surface area contributed by atoms with Gasteiger partial charge in [-0.3, -0.25) is 4.98 Å². The Morgan fingerprint density at radius 2 is 2.17 bits per heavy atom. The molecule has 2 aliphatic heterocycles. The molecule has 1 saturated heterocycles. The first-order chi connectivity index (χ1) is 11.5. The highest BCUT2D eigenvalue weighted by molar-refractivity contribution is 7.91. The highest BCUT2D eigenvalue weighted by atomic mass is 32.2. The van der Waals surface area contributed by atoms with Crippen LogP contribution in [0.5, 0.6) is 0 Å². The zero-order valence-electron chi connectivity index (χ0n) is 13.4. The van der Waals surface area contributed by atoms with Crippen LogP contribution in [0.15, 0.2) is 23.2 Å². The SMILES string of the molecule is Nc1cnc2ccc3c(c2c1N1CCCCC1CO)CCS3(=O)=O. The van der Waals surface area contributed by atoms with E-state index < -0.39 is 9.84 Å². The molecular weight excluding hydrogens is 326 g/mol. The summed E-state index contributed by atoms with van der Waals surface area (Å²) in [5, 5.41) is 10.6. The molecule has 1 aromatic carbocycles.